The fraction of sp³-hybridized carbons (Fsp3) is 0.348. The first-order valence-corrected chi connectivity index (χ1v) is 10.0. The minimum absolute atomic E-state index is 0.148. The highest BCUT2D eigenvalue weighted by molar-refractivity contribution is 5.91. The lowest BCUT2D eigenvalue weighted by Crippen LogP contribution is -2.33. The first-order chi connectivity index (χ1) is 14.2. The maximum Gasteiger partial charge on any atom is 0.243 e. The third-order valence-corrected chi connectivity index (χ3v) is 5.24. The molecule has 0 saturated carbocycles. The van der Waals surface area contributed by atoms with Crippen molar-refractivity contribution in [3.8, 4) is 17.0 Å². The van der Waals surface area contributed by atoms with Gasteiger partial charge >= 0.3 is 0 Å². The average Bonchev–Trinajstić information content (AvgIpc) is 3.15. The van der Waals surface area contributed by atoms with Crippen molar-refractivity contribution in [2.45, 2.75) is 38.4 Å². The Hall–Kier alpha value is -2.83. The van der Waals surface area contributed by atoms with E-state index in [4.69, 9.17) is 14.3 Å². The maximum absolute atomic E-state index is 12.3. The van der Waals surface area contributed by atoms with E-state index in [-0.39, 0.29) is 12.2 Å². The summed E-state index contributed by atoms with van der Waals surface area (Å²) in [4.78, 5) is 21.2. The van der Waals surface area contributed by atoms with Crippen molar-refractivity contribution in [3.63, 3.8) is 0 Å². The third kappa shape index (κ3) is 4.60. The number of hydrogen-bond acceptors (Lipinski definition) is 4. The topological polar surface area (TPSA) is 72.6 Å². The molecular weight excluding hydrogens is 368 g/mol. The second-order valence-corrected chi connectivity index (χ2v) is 7.19. The Labute approximate surface area is 170 Å². The van der Waals surface area contributed by atoms with Crippen LogP contribution in [-0.4, -0.2) is 30.9 Å². The molecule has 29 heavy (non-hydrogen) atoms. The minimum atomic E-state index is -0.337. The van der Waals surface area contributed by atoms with Gasteiger partial charge in [0.05, 0.1) is 7.11 Å². The number of carbonyl (C=O) groups is 1. The molecule has 3 aromatic rings. The number of aromatic amines is 1. The molecule has 6 heteroatoms. The second kappa shape index (κ2) is 9.11. The van der Waals surface area contributed by atoms with E-state index < -0.39 is 0 Å². The molecule has 1 unspecified atom stereocenters. The van der Waals surface area contributed by atoms with Crippen molar-refractivity contribution < 1.29 is 19.1 Å². The highest BCUT2D eigenvalue weighted by Gasteiger charge is 2.17. The van der Waals surface area contributed by atoms with Crippen molar-refractivity contribution in [3.05, 3.63) is 54.1 Å². The van der Waals surface area contributed by atoms with Crippen LogP contribution in [0, 0.1) is 0 Å². The molecule has 1 aliphatic rings. The van der Waals surface area contributed by atoms with Crippen molar-refractivity contribution in [2.75, 3.05) is 13.7 Å². The molecule has 1 aliphatic heterocycles. The first kappa shape index (κ1) is 19.5. The highest BCUT2D eigenvalue weighted by Crippen LogP contribution is 2.32. The Morgan fingerprint density at radius 2 is 2.00 bits per heavy atom. The smallest absolute Gasteiger partial charge is 0.243 e. The van der Waals surface area contributed by atoms with E-state index in [9.17, 15) is 4.79 Å². The number of nitrogens with one attached hydrogen (secondary N) is 2. The number of fused-ring (bicyclic) bond motifs is 1. The highest BCUT2D eigenvalue weighted by atomic mass is 16.8. The summed E-state index contributed by atoms with van der Waals surface area (Å²) in [5.74, 6) is 0.665. The molecule has 1 atom stereocenters. The van der Waals surface area contributed by atoms with Crippen molar-refractivity contribution in [2.24, 2.45) is 0 Å². The monoisotopic (exact) mass is 394 g/mol. The van der Waals surface area contributed by atoms with Gasteiger partial charge in [-0.2, -0.15) is 0 Å². The summed E-state index contributed by atoms with van der Waals surface area (Å²) in [5, 5.41) is 1.13. The number of ether oxygens (including phenoxy) is 2. The zero-order chi connectivity index (χ0) is 20.1. The van der Waals surface area contributed by atoms with Gasteiger partial charge in [0.15, 0.2) is 6.29 Å². The van der Waals surface area contributed by atoms with Crippen LogP contribution >= 0.6 is 0 Å². The number of rotatable bonds is 7. The minimum Gasteiger partial charge on any atom is -0.497 e. The fourth-order valence-electron chi connectivity index (χ4n) is 3.69. The number of hydrogen-bond donors (Lipinski definition) is 2. The summed E-state index contributed by atoms with van der Waals surface area (Å²) in [6.45, 7) is 0.682. The zero-order valence-corrected chi connectivity index (χ0v) is 16.6. The SMILES string of the molecule is COc1ccc(-c2[nH]c3ccccc3c2CCC(=O)NOC2CCCCO2)cc1. The molecule has 4 rings (SSSR count). The largest absolute Gasteiger partial charge is 0.497 e. The van der Waals surface area contributed by atoms with E-state index in [1.807, 2.05) is 36.4 Å². The van der Waals surface area contributed by atoms with E-state index in [0.717, 1.165) is 52.7 Å². The quantitative estimate of drug-likeness (QED) is 0.585. The molecule has 0 radical (unpaired) electrons. The van der Waals surface area contributed by atoms with Crippen LogP contribution < -0.4 is 10.2 Å². The van der Waals surface area contributed by atoms with Gasteiger partial charge in [-0.25, -0.2) is 10.3 Å². The zero-order valence-electron chi connectivity index (χ0n) is 16.6. The van der Waals surface area contributed by atoms with Gasteiger partial charge in [0.25, 0.3) is 0 Å². The lowest BCUT2D eigenvalue weighted by molar-refractivity contribution is -0.200. The summed E-state index contributed by atoms with van der Waals surface area (Å²) >= 11 is 0. The van der Waals surface area contributed by atoms with Crippen LogP contribution in [0.5, 0.6) is 5.75 Å². The number of aryl methyl sites for hydroxylation is 1. The summed E-state index contributed by atoms with van der Waals surface area (Å²) in [6.07, 6.45) is 3.51. The average molecular weight is 394 g/mol. The molecule has 2 N–H and O–H groups in total. The van der Waals surface area contributed by atoms with E-state index in [1.54, 1.807) is 7.11 Å². The lowest BCUT2D eigenvalue weighted by Gasteiger charge is -2.22. The number of H-pyrrole nitrogens is 1. The van der Waals surface area contributed by atoms with Crippen LogP contribution in [0.3, 0.4) is 0 Å². The van der Waals surface area contributed by atoms with Crippen molar-refractivity contribution >= 4 is 16.8 Å². The Morgan fingerprint density at radius 3 is 2.76 bits per heavy atom. The van der Waals surface area contributed by atoms with E-state index in [1.165, 1.54) is 0 Å². The molecule has 152 valence electrons. The Bertz CT molecular complexity index is 959. The summed E-state index contributed by atoms with van der Waals surface area (Å²) < 4.78 is 10.7. The predicted octanol–water partition coefficient (Wildman–Crippen LogP) is 4.35. The molecule has 2 aromatic carbocycles. The van der Waals surface area contributed by atoms with Crippen LogP contribution in [0.4, 0.5) is 0 Å². The van der Waals surface area contributed by atoms with E-state index in [0.29, 0.717) is 19.4 Å². The number of carbonyl (C=O) groups excluding carboxylic acids is 1. The molecule has 2 heterocycles. The van der Waals surface area contributed by atoms with Crippen LogP contribution in [-0.2, 0) is 20.8 Å². The lowest BCUT2D eigenvalue weighted by atomic mass is 10.0. The first-order valence-electron chi connectivity index (χ1n) is 10.0. The van der Waals surface area contributed by atoms with Crippen LogP contribution in [0.25, 0.3) is 22.2 Å². The predicted molar refractivity (Wildman–Crippen MR) is 111 cm³/mol. The van der Waals surface area contributed by atoms with Gasteiger partial charge in [0.1, 0.15) is 5.75 Å². The van der Waals surface area contributed by atoms with Gasteiger partial charge in [-0.1, -0.05) is 18.2 Å². The van der Waals surface area contributed by atoms with Gasteiger partial charge < -0.3 is 14.5 Å². The molecule has 1 amide bonds. The Morgan fingerprint density at radius 1 is 1.17 bits per heavy atom. The van der Waals surface area contributed by atoms with Crippen LogP contribution in [0.1, 0.15) is 31.2 Å². The molecular formula is C23H26N2O4. The van der Waals surface area contributed by atoms with Crippen molar-refractivity contribution in [1.29, 1.82) is 0 Å². The fourth-order valence-corrected chi connectivity index (χ4v) is 3.69. The molecule has 0 aliphatic carbocycles. The third-order valence-electron chi connectivity index (χ3n) is 5.24. The van der Waals surface area contributed by atoms with Gasteiger partial charge in [-0.3, -0.25) is 4.79 Å². The summed E-state index contributed by atoms with van der Waals surface area (Å²) in [7, 11) is 1.66. The maximum atomic E-state index is 12.3. The molecule has 1 saturated heterocycles. The summed E-state index contributed by atoms with van der Waals surface area (Å²) in [5.41, 5.74) is 6.81. The molecule has 1 aromatic heterocycles. The molecule has 0 spiro atoms. The number of para-hydroxylation sites is 1. The number of amides is 1. The standard InChI is InChI=1S/C23H26N2O4/c1-27-17-11-9-16(10-12-17)23-19(18-6-2-3-7-20(18)24-23)13-14-21(26)25-29-22-8-4-5-15-28-22/h2-3,6-7,9-12,22,24H,4-5,8,13-15H2,1H3,(H,25,26). The van der Waals surface area contributed by atoms with Gasteiger partial charge in [-0.15, -0.1) is 0 Å². The van der Waals surface area contributed by atoms with Crippen molar-refractivity contribution in [1.82, 2.24) is 10.5 Å². The second-order valence-electron chi connectivity index (χ2n) is 7.19. The molecule has 6 nitrogen and oxygen atoms in total. The van der Waals surface area contributed by atoms with Gasteiger partial charge in [0.2, 0.25) is 5.91 Å². The Kier molecular flexibility index (Phi) is 6.12. The van der Waals surface area contributed by atoms with Crippen LogP contribution in [0.15, 0.2) is 48.5 Å². The molecule has 1 fully saturated rings. The number of benzene rings is 2. The molecule has 0 bridgehead atoms. The van der Waals surface area contributed by atoms with Gasteiger partial charge in [0, 0.05) is 36.0 Å². The Balaban J connectivity index is 1.48. The number of hydroxylamine groups is 1. The number of aromatic nitrogens is 1. The summed E-state index contributed by atoms with van der Waals surface area (Å²) in [6, 6.07) is 16.1. The normalized spacial score (nSPS) is 16.7. The van der Waals surface area contributed by atoms with Gasteiger partial charge in [-0.05, 0) is 60.7 Å². The number of methoxy groups -OCH3 is 1. The van der Waals surface area contributed by atoms with E-state index in [2.05, 4.69) is 22.6 Å². The van der Waals surface area contributed by atoms with Crippen LogP contribution in [0.2, 0.25) is 0 Å². The van der Waals surface area contributed by atoms with E-state index >= 15 is 0 Å².